The summed E-state index contributed by atoms with van der Waals surface area (Å²) in [6.45, 7) is 3.39. The fraction of sp³-hybridized carbons (Fsp3) is 0.588. The van der Waals surface area contributed by atoms with Crippen LogP contribution < -0.4 is 10.6 Å². The molecule has 8 heteroatoms. The highest BCUT2D eigenvalue weighted by molar-refractivity contribution is 14.0. The summed E-state index contributed by atoms with van der Waals surface area (Å²) < 4.78 is 28.7. The second kappa shape index (κ2) is 15.3. The average Bonchev–Trinajstić information content (AvgIpc) is 2.59. The van der Waals surface area contributed by atoms with Crippen LogP contribution in [0.3, 0.4) is 0 Å². The highest BCUT2D eigenvalue weighted by Gasteiger charge is 2.04. The number of halogens is 2. The summed E-state index contributed by atoms with van der Waals surface area (Å²) in [5.74, 6) is 0.432. The van der Waals surface area contributed by atoms with Crippen LogP contribution in [0, 0.1) is 5.82 Å². The number of aliphatic imine (C=N–C) groups is 1. The molecule has 0 saturated heterocycles. The molecule has 0 bridgehead atoms. The molecule has 0 saturated carbocycles. The quantitative estimate of drug-likeness (QED) is 0.226. The van der Waals surface area contributed by atoms with Crippen LogP contribution in [0.15, 0.2) is 23.2 Å². The summed E-state index contributed by atoms with van der Waals surface area (Å²) >= 11 is 0. The standard InChI is InChI=1S/C17H28FN3O3.HI/c1-22-9-4-7-19-17(20-8-10-23-2)21-12-14-5-6-16(18)15(11-14)13-24-3;/h5-6,11H,4,7-10,12-13H2,1-3H3,(H2,19,20,21);1H. The van der Waals surface area contributed by atoms with Crippen molar-refractivity contribution in [3.05, 3.63) is 35.1 Å². The zero-order valence-corrected chi connectivity index (χ0v) is 17.5. The molecule has 2 N–H and O–H groups in total. The van der Waals surface area contributed by atoms with Crippen LogP contribution in [0.4, 0.5) is 4.39 Å². The molecule has 0 fully saturated rings. The Morgan fingerprint density at radius 1 is 1.04 bits per heavy atom. The number of hydrogen-bond acceptors (Lipinski definition) is 4. The predicted octanol–water partition coefficient (Wildman–Crippen LogP) is 2.31. The zero-order valence-electron chi connectivity index (χ0n) is 15.1. The number of nitrogens with zero attached hydrogens (tertiary/aromatic N) is 1. The fourth-order valence-electron chi connectivity index (χ4n) is 2.03. The van der Waals surface area contributed by atoms with E-state index in [0.717, 1.165) is 18.5 Å². The number of guanidine groups is 1. The summed E-state index contributed by atoms with van der Waals surface area (Å²) in [5.41, 5.74) is 1.46. The third-order valence-corrected chi connectivity index (χ3v) is 3.25. The van der Waals surface area contributed by atoms with Crippen LogP contribution in [-0.4, -0.2) is 53.6 Å². The lowest BCUT2D eigenvalue weighted by atomic mass is 10.1. The van der Waals surface area contributed by atoms with Gasteiger partial charge in [-0.1, -0.05) is 6.07 Å². The van der Waals surface area contributed by atoms with Crippen LogP contribution in [0.1, 0.15) is 17.5 Å². The van der Waals surface area contributed by atoms with E-state index in [1.807, 2.05) is 0 Å². The lowest BCUT2D eigenvalue weighted by molar-refractivity contribution is 0.181. The van der Waals surface area contributed by atoms with Gasteiger partial charge >= 0.3 is 0 Å². The lowest BCUT2D eigenvalue weighted by Crippen LogP contribution is -2.39. The van der Waals surface area contributed by atoms with Crippen LogP contribution in [-0.2, 0) is 27.4 Å². The maximum absolute atomic E-state index is 13.6. The number of ether oxygens (including phenoxy) is 3. The molecule has 0 spiro atoms. The molecule has 0 aliphatic heterocycles. The van der Waals surface area contributed by atoms with Crippen molar-refractivity contribution in [2.24, 2.45) is 4.99 Å². The van der Waals surface area contributed by atoms with Gasteiger partial charge in [-0.3, -0.25) is 0 Å². The SMILES string of the molecule is COCCCNC(=NCc1ccc(F)c(COC)c1)NCCOC.I. The Morgan fingerprint density at radius 3 is 2.44 bits per heavy atom. The highest BCUT2D eigenvalue weighted by atomic mass is 127. The van der Waals surface area contributed by atoms with E-state index >= 15 is 0 Å². The van der Waals surface area contributed by atoms with Gasteiger partial charge in [-0.05, 0) is 24.1 Å². The third-order valence-electron chi connectivity index (χ3n) is 3.25. The van der Waals surface area contributed by atoms with Gasteiger partial charge in [0.05, 0.1) is 19.8 Å². The van der Waals surface area contributed by atoms with Crippen LogP contribution in [0.25, 0.3) is 0 Å². The molecule has 0 aliphatic carbocycles. The molecular weight excluding hydrogens is 440 g/mol. The normalized spacial score (nSPS) is 11.1. The minimum absolute atomic E-state index is 0. The zero-order chi connectivity index (χ0) is 17.6. The van der Waals surface area contributed by atoms with Crippen LogP contribution >= 0.6 is 24.0 Å². The molecule has 0 amide bonds. The van der Waals surface area contributed by atoms with E-state index in [1.54, 1.807) is 33.5 Å². The first-order valence-corrected chi connectivity index (χ1v) is 7.97. The van der Waals surface area contributed by atoms with E-state index in [4.69, 9.17) is 14.2 Å². The van der Waals surface area contributed by atoms with Crippen molar-refractivity contribution in [1.82, 2.24) is 10.6 Å². The first-order valence-electron chi connectivity index (χ1n) is 7.97. The minimum Gasteiger partial charge on any atom is -0.385 e. The van der Waals surface area contributed by atoms with E-state index in [2.05, 4.69) is 15.6 Å². The molecule has 0 heterocycles. The van der Waals surface area contributed by atoms with Gasteiger partial charge in [0.25, 0.3) is 0 Å². The largest absolute Gasteiger partial charge is 0.385 e. The smallest absolute Gasteiger partial charge is 0.191 e. The van der Waals surface area contributed by atoms with Gasteiger partial charge in [-0.25, -0.2) is 9.38 Å². The van der Waals surface area contributed by atoms with E-state index < -0.39 is 0 Å². The van der Waals surface area contributed by atoms with E-state index in [9.17, 15) is 4.39 Å². The highest BCUT2D eigenvalue weighted by Crippen LogP contribution is 2.12. The summed E-state index contributed by atoms with van der Waals surface area (Å²) in [5, 5.41) is 6.43. The topological polar surface area (TPSA) is 64.1 Å². The monoisotopic (exact) mass is 469 g/mol. The molecule has 0 atom stereocenters. The van der Waals surface area contributed by atoms with Gasteiger partial charge in [0.1, 0.15) is 5.82 Å². The third kappa shape index (κ3) is 10.6. The Kier molecular flexibility index (Phi) is 14.7. The number of nitrogens with one attached hydrogen (secondary N) is 2. The summed E-state index contributed by atoms with van der Waals surface area (Å²) in [4.78, 5) is 4.53. The van der Waals surface area contributed by atoms with Crippen molar-refractivity contribution in [1.29, 1.82) is 0 Å². The Labute approximate surface area is 166 Å². The molecule has 0 aliphatic rings. The van der Waals surface area contributed by atoms with E-state index in [1.165, 1.54) is 6.07 Å². The Balaban J connectivity index is 0.00000576. The molecule has 6 nitrogen and oxygen atoms in total. The molecule has 144 valence electrons. The summed E-state index contributed by atoms with van der Waals surface area (Å²) in [6.07, 6.45) is 0.885. The van der Waals surface area contributed by atoms with Gasteiger partial charge < -0.3 is 24.8 Å². The maximum atomic E-state index is 13.6. The van der Waals surface area contributed by atoms with Gasteiger partial charge in [0.2, 0.25) is 0 Å². The summed E-state index contributed by atoms with van der Waals surface area (Å²) in [6, 6.07) is 4.96. The molecular formula is C17H29FIN3O3. The molecule has 1 aromatic carbocycles. The Bertz CT molecular complexity index is 504. The first-order chi connectivity index (χ1) is 11.7. The number of benzene rings is 1. The van der Waals surface area contributed by atoms with Crippen molar-refractivity contribution in [2.75, 3.05) is 47.6 Å². The number of methoxy groups -OCH3 is 3. The molecule has 25 heavy (non-hydrogen) atoms. The predicted molar refractivity (Wildman–Crippen MR) is 108 cm³/mol. The van der Waals surface area contributed by atoms with Crippen molar-refractivity contribution in [3.63, 3.8) is 0 Å². The number of rotatable bonds is 11. The Hall–Kier alpha value is -0.970. The number of hydrogen-bond donors (Lipinski definition) is 2. The van der Waals surface area contributed by atoms with Gasteiger partial charge in [0.15, 0.2) is 5.96 Å². The van der Waals surface area contributed by atoms with Gasteiger partial charge in [-0.15, -0.1) is 24.0 Å². The van der Waals surface area contributed by atoms with E-state index in [0.29, 0.717) is 37.8 Å². The summed E-state index contributed by atoms with van der Waals surface area (Å²) in [7, 11) is 4.88. The molecule has 1 aromatic rings. The second-order valence-electron chi connectivity index (χ2n) is 5.22. The lowest BCUT2D eigenvalue weighted by Gasteiger charge is -2.12. The first kappa shape index (κ1) is 24.0. The van der Waals surface area contributed by atoms with E-state index in [-0.39, 0.29) is 36.4 Å². The van der Waals surface area contributed by atoms with Crippen molar-refractivity contribution < 1.29 is 18.6 Å². The van der Waals surface area contributed by atoms with Gasteiger partial charge in [0, 0.05) is 46.6 Å². The van der Waals surface area contributed by atoms with Crippen LogP contribution in [0.2, 0.25) is 0 Å². The molecule has 0 unspecified atom stereocenters. The Morgan fingerprint density at radius 2 is 1.76 bits per heavy atom. The van der Waals surface area contributed by atoms with Crippen LogP contribution in [0.5, 0.6) is 0 Å². The minimum atomic E-state index is -0.263. The molecule has 1 rings (SSSR count). The second-order valence-corrected chi connectivity index (χ2v) is 5.22. The van der Waals surface area contributed by atoms with Crippen molar-refractivity contribution >= 4 is 29.9 Å². The van der Waals surface area contributed by atoms with Crippen molar-refractivity contribution in [3.8, 4) is 0 Å². The van der Waals surface area contributed by atoms with Crippen molar-refractivity contribution in [2.45, 2.75) is 19.6 Å². The average molecular weight is 469 g/mol. The molecule has 0 radical (unpaired) electrons. The fourth-order valence-corrected chi connectivity index (χ4v) is 2.03. The maximum Gasteiger partial charge on any atom is 0.191 e. The van der Waals surface area contributed by atoms with Gasteiger partial charge in [-0.2, -0.15) is 0 Å². The molecule has 0 aromatic heterocycles.